The molecule has 15 heavy (non-hydrogen) atoms. The van der Waals surface area contributed by atoms with E-state index in [1.807, 2.05) is 0 Å². The van der Waals surface area contributed by atoms with E-state index in [-0.39, 0.29) is 5.69 Å². The van der Waals surface area contributed by atoms with Crippen LogP contribution in [-0.2, 0) is 6.54 Å². The molecule has 0 radical (unpaired) electrons. The van der Waals surface area contributed by atoms with Crippen LogP contribution in [0.3, 0.4) is 0 Å². The molecule has 1 aromatic rings. The molecule has 0 amide bonds. The molecule has 0 bridgehead atoms. The molecule has 6 heteroatoms. The lowest BCUT2D eigenvalue weighted by molar-refractivity contribution is 0.0681. The summed E-state index contributed by atoms with van der Waals surface area (Å²) in [5.41, 5.74) is 0.167. The standard InChI is InChI=1S/C9H14N4O2/c14-9(15)8-5-11-12-13(8)6-7-2-1-3-10-4-7/h5,7,10H,1-4,6H2,(H,14,15). The Morgan fingerprint density at radius 2 is 2.60 bits per heavy atom. The Kier molecular flexibility index (Phi) is 2.96. The highest BCUT2D eigenvalue weighted by atomic mass is 16.4. The highest BCUT2D eigenvalue weighted by Gasteiger charge is 2.18. The van der Waals surface area contributed by atoms with Crippen molar-refractivity contribution in [2.24, 2.45) is 5.92 Å². The lowest BCUT2D eigenvalue weighted by Crippen LogP contribution is -2.33. The SMILES string of the molecule is O=C(O)c1cnnn1CC1CCCNC1. The third-order valence-corrected chi connectivity index (χ3v) is 2.67. The molecular weight excluding hydrogens is 196 g/mol. The van der Waals surface area contributed by atoms with Gasteiger partial charge in [0.15, 0.2) is 5.69 Å². The number of carbonyl (C=O) groups is 1. The van der Waals surface area contributed by atoms with Crippen LogP contribution in [0.5, 0.6) is 0 Å². The van der Waals surface area contributed by atoms with Gasteiger partial charge in [-0.15, -0.1) is 5.10 Å². The summed E-state index contributed by atoms with van der Waals surface area (Å²) in [4.78, 5) is 10.8. The third kappa shape index (κ3) is 2.33. The number of carboxylic acids is 1. The van der Waals surface area contributed by atoms with E-state index in [0.717, 1.165) is 25.9 Å². The van der Waals surface area contributed by atoms with E-state index in [1.54, 1.807) is 0 Å². The molecule has 2 N–H and O–H groups in total. The van der Waals surface area contributed by atoms with Gasteiger partial charge in [0.1, 0.15) is 0 Å². The summed E-state index contributed by atoms with van der Waals surface area (Å²) < 4.78 is 1.47. The first kappa shape index (κ1) is 10.1. The maximum Gasteiger partial charge on any atom is 0.355 e. The van der Waals surface area contributed by atoms with Gasteiger partial charge in [0.2, 0.25) is 0 Å². The lowest BCUT2D eigenvalue weighted by Gasteiger charge is -2.22. The molecule has 2 heterocycles. The highest BCUT2D eigenvalue weighted by Crippen LogP contribution is 2.12. The van der Waals surface area contributed by atoms with Crippen molar-refractivity contribution >= 4 is 5.97 Å². The topological polar surface area (TPSA) is 80.0 Å². The molecule has 6 nitrogen and oxygen atoms in total. The smallest absolute Gasteiger partial charge is 0.355 e. The molecule has 0 spiro atoms. The van der Waals surface area contributed by atoms with Gasteiger partial charge in [-0.3, -0.25) is 0 Å². The van der Waals surface area contributed by atoms with Gasteiger partial charge >= 0.3 is 5.97 Å². The summed E-state index contributed by atoms with van der Waals surface area (Å²) in [5.74, 6) is -0.512. The molecule has 1 unspecified atom stereocenters. The monoisotopic (exact) mass is 210 g/mol. The van der Waals surface area contributed by atoms with E-state index in [1.165, 1.54) is 10.9 Å². The van der Waals surface area contributed by atoms with Gasteiger partial charge in [-0.05, 0) is 31.8 Å². The summed E-state index contributed by atoms with van der Waals surface area (Å²) in [6.07, 6.45) is 3.55. The Bertz CT molecular complexity index is 344. The molecule has 1 aromatic heterocycles. The average molecular weight is 210 g/mol. The first-order valence-electron chi connectivity index (χ1n) is 5.10. The van der Waals surface area contributed by atoms with Gasteiger partial charge in [0.05, 0.1) is 6.20 Å². The van der Waals surface area contributed by atoms with Crippen LogP contribution in [-0.4, -0.2) is 39.2 Å². The first-order chi connectivity index (χ1) is 7.27. The Morgan fingerprint density at radius 1 is 1.73 bits per heavy atom. The van der Waals surface area contributed by atoms with Crippen LogP contribution in [0.4, 0.5) is 0 Å². The normalized spacial score (nSPS) is 21.5. The van der Waals surface area contributed by atoms with Crippen molar-refractivity contribution in [3.63, 3.8) is 0 Å². The second kappa shape index (κ2) is 4.39. The minimum absolute atomic E-state index is 0.167. The fourth-order valence-corrected chi connectivity index (χ4v) is 1.88. The van der Waals surface area contributed by atoms with Crippen LogP contribution in [0.15, 0.2) is 6.20 Å². The number of hydrogen-bond donors (Lipinski definition) is 2. The summed E-state index contributed by atoms with van der Waals surface area (Å²) in [5, 5.41) is 19.6. The Balaban J connectivity index is 2.03. The number of rotatable bonds is 3. The maximum absolute atomic E-state index is 10.8. The summed E-state index contributed by atoms with van der Waals surface area (Å²) >= 11 is 0. The van der Waals surface area contributed by atoms with Crippen molar-refractivity contribution in [1.82, 2.24) is 20.3 Å². The largest absolute Gasteiger partial charge is 0.476 e. The third-order valence-electron chi connectivity index (χ3n) is 2.67. The van der Waals surface area contributed by atoms with Gasteiger partial charge < -0.3 is 10.4 Å². The number of piperidine rings is 1. The number of hydrogen-bond acceptors (Lipinski definition) is 4. The average Bonchev–Trinajstić information content (AvgIpc) is 2.67. The number of nitrogens with zero attached hydrogens (tertiary/aromatic N) is 3. The van der Waals surface area contributed by atoms with Crippen LogP contribution in [0.2, 0.25) is 0 Å². The zero-order valence-electron chi connectivity index (χ0n) is 8.39. The molecule has 1 atom stereocenters. The van der Waals surface area contributed by atoms with Gasteiger partial charge in [0.25, 0.3) is 0 Å². The van der Waals surface area contributed by atoms with Crippen molar-refractivity contribution in [2.75, 3.05) is 13.1 Å². The number of nitrogens with one attached hydrogen (secondary N) is 1. The van der Waals surface area contributed by atoms with E-state index < -0.39 is 5.97 Å². The predicted octanol–water partition coefficient (Wildman–Crippen LogP) is -0.0241. The van der Waals surface area contributed by atoms with E-state index in [9.17, 15) is 4.79 Å². The molecule has 82 valence electrons. The van der Waals surface area contributed by atoms with E-state index in [2.05, 4.69) is 15.6 Å². The Morgan fingerprint density at radius 3 is 3.27 bits per heavy atom. The molecule has 1 fully saturated rings. The summed E-state index contributed by atoms with van der Waals surface area (Å²) in [7, 11) is 0. The molecule has 1 aliphatic rings. The van der Waals surface area contributed by atoms with Gasteiger partial charge in [0, 0.05) is 6.54 Å². The number of aromatic nitrogens is 3. The number of carboxylic acid groups (broad SMARTS) is 1. The van der Waals surface area contributed by atoms with E-state index >= 15 is 0 Å². The quantitative estimate of drug-likeness (QED) is 0.732. The maximum atomic E-state index is 10.8. The molecule has 0 saturated carbocycles. The van der Waals surface area contributed by atoms with Crippen molar-refractivity contribution in [3.8, 4) is 0 Å². The van der Waals surface area contributed by atoms with Gasteiger partial charge in [-0.2, -0.15) is 0 Å². The predicted molar refractivity (Wildman–Crippen MR) is 52.6 cm³/mol. The molecule has 0 aliphatic carbocycles. The zero-order chi connectivity index (χ0) is 10.7. The van der Waals surface area contributed by atoms with Crippen LogP contribution < -0.4 is 5.32 Å². The zero-order valence-corrected chi connectivity index (χ0v) is 8.39. The van der Waals surface area contributed by atoms with E-state index in [0.29, 0.717) is 12.5 Å². The number of aromatic carboxylic acids is 1. The van der Waals surface area contributed by atoms with Crippen molar-refractivity contribution in [1.29, 1.82) is 0 Å². The second-order valence-corrected chi connectivity index (χ2v) is 3.82. The fraction of sp³-hybridized carbons (Fsp3) is 0.667. The van der Waals surface area contributed by atoms with E-state index in [4.69, 9.17) is 5.11 Å². The van der Waals surface area contributed by atoms with Crippen LogP contribution in [0, 0.1) is 5.92 Å². The summed E-state index contributed by atoms with van der Waals surface area (Å²) in [6, 6.07) is 0. The highest BCUT2D eigenvalue weighted by molar-refractivity contribution is 5.85. The molecule has 2 rings (SSSR count). The van der Waals surface area contributed by atoms with Crippen molar-refractivity contribution < 1.29 is 9.90 Å². The fourth-order valence-electron chi connectivity index (χ4n) is 1.88. The van der Waals surface area contributed by atoms with Gasteiger partial charge in [-0.1, -0.05) is 5.21 Å². The minimum Gasteiger partial charge on any atom is -0.476 e. The van der Waals surface area contributed by atoms with Crippen molar-refractivity contribution in [3.05, 3.63) is 11.9 Å². The molecule has 1 saturated heterocycles. The first-order valence-corrected chi connectivity index (χ1v) is 5.10. The second-order valence-electron chi connectivity index (χ2n) is 3.82. The van der Waals surface area contributed by atoms with Crippen LogP contribution >= 0.6 is 0 Å². The lowest BCUT2D eigenvalue weighted by atomic mass is 10.00. The molecule has 1 aliphatic heterocycles. The summed E-state index contributed by atoms with van der Waals surface area (Å²) in [6.45, 7) is 2.62. The molecule has 0 aromatic carbocycles. The Labute approximate surface area is 87.3 Å². The van der Waals surface area contributed by atoms with Gasteiger partial charge in [-0.25, -0.2) is 9.48 Å². The van der Waals surface area contributed by atoms with Crippen LogP contribution in [0.25, 0.3) is 0 Å². The Hall–Kier alpha value is -1.43. The van der Waals surface area contributed by atoms with Crippen molar-refractivity contribution in [2.45, 2.75) is 19.4 Å². The molecular formula is C9H14N4O2. The van der Waals surface area contributed by atoms with Crippen LogP contribution in [0.1, 0.15) is 23.3 Å². The minimum atomic E-state index is -0.969.